The van der Waals surface area contributed by atoms with E-state index in [4.69, 9.17) is 5.53 Å². The van der Waals surface area contributed by atoms with Gasteiger partial charge in [0.1, 0.15) is 0 Å². The van der Waals surface area contributed by atoms with Gasteiger partial charge < -0.3 is 5.53 Å². The lowest BCUT2D eigenvalue weighted by atomic mass is 10.2. The Kier molecular flexibility index (Phi) is 9.63. The van der Waals surface area contributed by atoms with E-state index in [1.165, 1.54) is 11.1 Å². The van der Waals surface area contributed by atoms with E-state index in [-0.39, 0.29) is 0 Å². The van der Waals surface area contributed by atoms with E-state index in [2.05, 4.69) is 50.6 Å². The van der Waals surface area contributed by atoms with Crippen molar-refractivity contribution in [3.63, 3.8) is 0 Å². The molecular formula is C15H18N2S2. The third-order valence-corrected chi connectivity index (χ3v) is 2.66. The number of nitrogens with zero attached hydrogens (tertiary/aromatic N) is 2. The van der Waals surface area contributed by atoms with Crippen molar-refractivity contribution in [3.8, 4) is 0 Å². The predicted molar refractivity (Wildman–Crippen MR) is 87.6 cm³/mol. The molecule has 0 radical (unpaired) electrons. The molecule has 0 atom stereocenters. The molecular weight excluding hydrogens is 272 g/mol. The lowest BCUT2D eigenvalue weighted by Gasteiger charge is -1.89. The van der Waals surface area contributed by atoms with Crippen LogP contribution in [0.1, 0.15) is 11.1 Å². The summed E-state index contributed by atoms with van der Waals surface area (Å²) in [5.41, 5.74) is 9.64. The highest BCUT2D eigenvalue weighted by Gasteiger charge is 1.81. The first kappa shape index (κ1) is 17.5. The van der Waals surface area contributed by atoms with E-state index in [9.17, 15) is 0 Å². The van der Waals surface area contributed by atoms with Gasteiger partial charge in [0.15, 0.2) is 0 Å². The summed E-state index contributed by atoms with van der Waals surface area (Å²) in [5, 5.41) is 0. The summed E-state index contributed by atoms with van der Waals surface area (Å²) >= 11 is 8.26. The van der Waals surface area contributed by atoms with Gasteiger partial charge in [-0.1, -0.05) is 35.4 Å². The van der Waals surface area contributed by atoms with Crippen molar-refractivity contribution in [2.24, 2.45) is 0 Å². The number of benzene rings is 2. The first-order valence-corrected chi connectivity index (χ1v) is 6.50. The number of aryl methyl sites for hydroxylation is 2. The van der Waals surface area contributed by atoms with Crippen molar-refractivity contribution in [3.05, 3.63) is 65.2 Å². The molecule has 2 aromatic carbocycles. The van der Waals surface area contributed by atoms with Crippen LogP contribution in [0.4, 0.5) is 0 Å². The molecule has 2 nitrogen and oxygen atoms in total. The van der Waals surface area contributed by atoms with E-state index in [0.29, 0.717) is 0 Å². The molecule has 0 saturated carbocycles. The fraction of sp³-hybridized carbons (Fsp3) is 0.133. The van der Waals surface area contributed by atoms with Crippen LogP contribution in [-0.2, 0) is 0 Å². The molecule has 0 aliphatic heterocycles. The molecule has 19 heavy (non-hydrogen) atoms. The molecule has 0 aromatic heterocycles. The zero-order valence-electron chi connectivity index (χ0n) is 11.1. The number of hydrogen-bond acceptors (Lipinski definition) is 2. The van der Waals surface area contributed by atoms with Gasteiger partial charge in [0.25, 0.3) is 0 Å². The Hall–Kier alpha value is -1.48. The highest BCUT2D eigenvalue weighted by atomic mass is 32.1. The maximum Gasteiger partial charge on any atom is 0.245 e. The minimum absolute atomic E-state index is 1.02. The number of hydrogen-bond donors (Lipinski definition) is 2. The summed E-state index contributed by atoms with van der Waals surface area (Å²) in [6.07, 6.45) is 0. The molecule has 4 heteroatoms. The summed E-state index contributed by atoms with van der Waals surface area (Å²) in [4.78, 5) is 4.30. The smallest absolute Gasteiger partial charge is 0.245 e. The van der Waals surface area contributed by atoms with Crippen molar-refractivity contribution in [1.29, 1.82) is 0 Å². The Morgan fingerprint density at radius 3 is 1.16 bits per heavy atom. The first-order chi connectivity index (χ1) is 8.99. The Bertz CT molecular complexity index is 413. The van der Waals surface area contributed by atoms with Crippen molar-refractivity contribution in [2.45, 2.75) is 23.6 Å². The lowest BCUT2D eigenvalue weighted by Crippen LogP contribution is -1.67. The van der Waals surface area contributed by atoms with E-state index in [1.54, 1.807) is 0 Å². The van der Waals surface area contributed by atoms with Crippen LogP contribution in [0.15, 0.2) is 58.3 Å². The summed E-state index contributed by atoms with van der Waals surface area (Å²) < 4.78 is 0. The van der Waals surface area contributed by atoms with Crippen molar-refractivity contribution in [2.75, 3.05) is 0 Å². The zero-order chi connectivity index (χ0) is 14.7. The monoisotopic (exact) mass is 290 g/mol. The van der Waals surface area contributed by atoms with Crippen LogP contribution in [0.2, 0.25) is 0 Å². The second-order valence-corrected chi connectivity index (χ2v) is 4.85. The molecule has 100 valence electrons. The fourth-order valence-electron chi connectivity index (χ4n) is 1.09. The Morgan fingerprint density at radius 1 is 0.789 bits per heavy atom. The molecule has 0 fully saturated rings. The SMILES string of the molecule is C=[N+]=[N-].Cc1ccc(S)cc1.Cc1ccc(S)cc1. The third kappa shape index (κ3) is 10.2. The third-order valence-electron chi connectivity index (χ3n) is 2.07. The van der Waals surface area contributed by atoms with Crippen molar-refractivity contribution < 1.29 is 4.79 Å². The average Bonchev–Trinajstić information content (AvgIpc) is 2.38. The topological polar surface area (TPSA) is 36.4 Å². The maximum absolute atomic E-state index is 7.08. The van der Waals surface area contributed by atoms with Gasteiger partial charge >= 0.3 is 0 Å². The molecule has 0 spiro atoms. The molecule has 0 aliphatic rings. The van der Waals surface area contributed by atoms with Gasteiger partial charge in [0, 0.05) is 9.79 Å². The van der Waals surface area contributed by atoms with Gasteiger partial charge in [-0.3, -0.25) is 0 Å². The second-order valence-electron chi connectivity index (χ2n) is 3.81. The highest BCUT2D eigenvalue weighted by Crippen LogP contribution is 2.06. The minimum atomic E-state index is 1.02. The molecule has 0 bridgehead atoms. The largest absolute Gasteiger partial charge is 0.362 e. The van der Waals surface area contributed by atoms with E-state index in [0.717, 1.165) is 9.79 Å². The van der Waals surface area contributed by atoms with Crippen LogP contribution in [0.3, 0.4) is 0 Å². The highest BCUT2D eigenvalue weighted by molar-refractivity contribution is 7.80. The minimum Gasteiger partial charge on any atom is -0.362 e. The fourth-order valence-corrected chi connectivity index (χ4v) is 1.39. The Labute approximate surface area is 125 Å². The zero-order valence-corrected chi connectivity index (χ0v) is 12.9. The van der Waals surface area contributed by atoms with Gasteiger partial charge in [-0.05, 0) is 38.1 Å². The van der Waals surface area contributed by atoms with Crippen molar-refractivity contribution in [1.82, 2.24) is 0 Å². The molecule has 0 amide bonds. The molecule has 2 rings (SSSR count). The number of thiol groups is 2. The molecule has 0 saturated heterocycles. The molecule has 0 unspecified atom stereocenters. The Balaban J connectivity index is 0.000000284. The van der Waals surface area contributed by atoms with Gasteiger partial charge in [-0.15, -0.1) is 25.3 Å². The van der Waals surface area contributed by atoms with Crippen molar-refractivity contribution >= 4 is 32.0 Å². The van der Waals surface area contributed by atoms with Crippen LogP contribution in [-0.4, -0.2) is 11.5 Å². The predicted octanol–water partition coefficient (Wildman–Crippen LogP) is 4.48. The maximum atomic E-state index is 7.08. The van der Waals surface area contributed by atoms with Crippen LogP contribution in [0.5, 0.6) is 0 Å². The summed E-state index contributed by atoms with van der Waals surface area (Å²) in [6, 6.07) is 16.1. The van der Waals surface area contributed by atoms with E-state index in [1.807, 2.05) is 48.5 Å². The summed E-state index contributed by atoms with van der Waals surface area (Å²) in [6.45, 7) is 6.79. The molecule has 0 N–H and O–H groups in total. The van der Waals surface area contributed by atoms with Gasteiger partial charge in [0.2, 0.25) is 6.72 Å². The Morgan fingerprint density at radius 2 is 1.00 bits per heavy atom. The lowest BCUT2D eigenvalue weighted by molar-refractivity contribution is 0.0110. The normalized spacial score (nSPS) is 8.21. The second kappa shape index (κ2) is 10.4. The van der Waals surface area contributed by atoms with Crippen LogP contribution in [0, 0.1) is 13.8 Å². The summed E-state index contributed by atoms with van der Waals surface area (Å²) in [7, 11) is 0. The summed E-state index contributed by atoms with van der Waals surface area (Å²) in [5.74, 6) is 0. The quantitative estimate of drug-likeness (QED) is 0.310. The van der Waals surface area contributed by atoms with Gasteiger partial charge in [0.05, 0.1) is 0 Å². The average molecular weight is 290 g/mol. The van der Waals surface area contributed by atoms with Gasteiger partial charge in [-0.2, -0.15) is 4.79 Å². The molecule has 0 heterocycles. The number of rotatable bonds is 0. The van der Waals surface area contributed by atoms with Crippen LogP contribution < -0.4 is 0 Å². The first-order valence-electron chi connectivity index (χ1n) is 5.61. The molecule has 2 aromatic rings. The van der Waals surface area contributed by atoms with E-state index < -0.39 is 0 Å². The van der Waals surface area contributed by atoms with E-state index >= 15 is 0 Å². The molecule has 0 aliphatic carbocycles. The standard InChI is InChI=1S/2C7H8S.CH2N2/c2*1-6-2-4-7(8)5-3-6;1-3-2/h2*2-5,8H,1H3;1H2. The van der Waals surface area contributed by atoms with Crippen LogP contribution in [0.25, 0.3) is 5.53 Å². The van der Waals surface area contributed by atoms with Gasteiger partial charge in [-0.25, -0.2) is 0 Å². The van der Waals surface area contributed by atoms with Crippen LogP contribution >= 0.6 is 25.3 Å².